The highest BCUT2D eigenvalue weighted by Crippen LogP contribution is 2.36. The Hall–Kier alpha value is -4.45. The molecule has 0 aliphatic carbocycles. The summed E-state index contributed by atoms with van der Waals surface area (Å²) in [6, 6.07) is 0. The van der Waals surface area contributed by atoms with Crippen LogP contribution in [0, 0.1) is 0 Å². The topological polar surface area (TPSA) is 298 Å². The number of rotatable bonds is 15. The molecule has 51 heavy (non-hydrogen) atoms. The van der Waals surface area contributed by atoms with E-state index >= 15 is 0 Å². The molecule has 2 rings (SSSR count). The van der Waals surface area contributed by atoms with E-state index in [1.807, 2.05) is 0 Å². The van der Waals surface area contributed by atoms with Gasteiger partial charge in [-0.05, 0) is 0 Å². The van der Waals surface area contributed by atoms with Gasteiger partial charge in [-0.15, -0.1) is 0 Å². The maximum atomic E-state index is 12.6. The molecule has 0 saturated carbocycles. The molecule has 1 amide bonds. The molecule has 288 valence electrons. The molecule has 1 unspecified atom stereocenters. The summed E-state index contributed by atoms with van der Waals surface area (Å²) in [6.45, 7) is 5.30. The highest BCUT2D eigenvalue weighted by atomic mass is 32.2. The Kier molecular flexibility index (Phi) is 15.7. The SMILES string of the molecule is CC(=O)OC[C@H]1O[C@@H](OS(=O)(=O)CC(N)=O)[C@H](OC(C)=O)[C@@H](OC(C)=O)C1O[C@@H]1O[C@H](COC(C)=O)[C@H](OC(C)=O)[C@H](OC(C)=O)[C@H]1OC(C)=O. The zero-order chi connectivity index (χ0) is 38.8. The number of hydrogen-bond acceptors (Lipinski definition) is 21. The van der Waals surface area contributed by atoms with Gasteiger partial charge >= 0.3 is 41.8 Å². The zero-order valence-electron chi connectivity index (χ0n) is 28.5. The average Bonchev–Trinajstić information content (AvgIpc) is 2.94. The second-order valence-corrected chi connectivity index (χ2v) is 12.5. The van der Waals surface area contributed by atoms with E-state index in [2.05, 4.69) is 0 Å². The third-order valence-corrected chi connectivity index (χ3v) is 7.57. The second kappa shape index (κ2) is 18.7. The lowest BCUT2D eigenvalue weighted by molar-refractivity contribution is -0.354. The van der Waals surface area contributed by atoms with Gasteiger partial charge < -0.3 is 53.1 Å². The Morgan fingerprint density at radius 1 is 0.510 bits per heavy atom. The van der Waals surface area contributed by atoms with Crippen molar-refractivity contribution in [3.05, 3.63) is 0 Å². The molecule has 22 nitrogen and oxygen atoms in total. The first-order valence-corrected chi connectivity index (χ1v) is 16.5. The fraction of sp³-hybridized carbons (Fsp3) is 0.714. The molecule has 2 fully saturated rings. The first kappa shape index (κ1) is 42.7. The minimum Gasteiger partial charge on any atom is -0.463 e. The van der Waals surface area contributed by atoms with Crippen molar-refractivity contribution >= 4 is 57.8 Å². The summed E-state index contributed by atoms with van der Waals surface area (Å²) in [5.74, 6) is -9.48. The molecular weight excluding hydrogens is 718 g/mol. The number of carbonyl (C=O) groups excluding carboxylic acids is 8. The third kappa shape index (κ3) is 13.7. The van der Waals surface area contributed by atoms with Crippen LogP contribution in [0.5, 0.6) is 0 Å². The highest BCUT2D eigenvalue weighted by molar-refractivity contribution is 7.87. The zero-order valence-corrected chi connectivity index (χ0v) is 29.3. The summed E-state index contributed by atoms with van der Waals surface area (Å²) < 4.78 is 84.7. The Morgan fingerprint density at radius 3 is 1.27 bits per heavy atom. The van der Waals surface area contributed by atoms with E-state index in [1.54, 1.807) is 0 Å². The third-order valence-electron chi connectivity index (χ3n) is 6.45. The molecule has 2 N–H and O–H groups in total. The number of amides is 1. The van der Waals surface area contributed by atoms with Crippen molar-refractivity contribution < 1.29 is 98.3 Å². The van der Waals surface area contributed by atoms with Crippen molar-refractivity contribution in [2.24, 2.45) is 5.73 Å². The van der Waals surface area contributed by atoms with E-state index < -0.39 is 138 Å². The van der Waals surface area contributed by atoms with E-state index in [0.29, 0.717) is 0 Å². The number of hydrogen-bond donors (Lipinski definition) is 1. The fourth-order valence-corrected chi connectivity index (χ4v) is 5.76. The minimum absolute atomic E-state index is 0.660. The number of nitrogens with two attached hydrogens (primary N) is 1. The smallest absolute Gasteiger partial charge is 0.303 e. The van der Waals surface area contributed by atoms with Crippen molar-refractivity contribution in [1.29, 1.82) is 0 Å². The van der Waals surface area contributed by atoms with Crippen molar-refractivity contribution in [3.8, 4) is 0 Å². The van der Waals surface area contributed by atoms with Crippen LogP contribution in [-0.2, 0) is 100 Å². The molecule has 2 aliphatic heterocycles. The summed E-state index contributed by atoms with van der Waals surface area (Å²) in [5.41, 5.74) is 4.99. The maximum absolute atomic E-state index is 12.6. The van der Waals surface area contributed by atoms with Crippen LogP contribution >= 0.6 is 0 Å². The molecule has 2 aliphatic rings. The van der Waals surface area contributed by atoms with Crippen LogP contribution in [0.1, 0.15) is 48.5 Å². The van der Waals surface area contributed by atoms with Crippen LogP contribution in [0.25, 0.3) is 0 Å². The lowest BCUT2D eigenvalue weighted by Crippen LogP contribution is -2.67. The van der Waals surface area contributed by atoms with Crippen LogP contribution in [0.15, 0.2) is 0 Å². The van der Waals surface area contributed by atoms with Crippen LogP contribution in [-0.4, -0.2) is 136 Å². The summed E-state index contributed by atoms with van der Waals surface area (Å²) in [5, 5.41) is 0. The van der Waals surface area contributed by atoms with Crippen LogP contribution in [0.4, 0.5) is 0 Å². The second-order valence-electron chi connectivity index (χ2n) is 10.9. The number of carbonyl (C=O) groups is 8. The van der Waals surface area contributed by atoms with Gasteiger partial charge in [-0.3, -0.25) is 38.4 Å². The molecule has 0 aromatic carbocycles. The average molecular weight is 758 g/mol. The Morgan fingerprint density at radius 2 is 0.863 bits per heavy atom. The summed E-state index contributed by atoms with van der Waals surface area (Å²) in [6.07, 6.45) is -18.3. The quantitative estimate of drug-likeness (QED) is 0.102. The molecular formula is C28H39NO21S. The van der Waals surface area contributed by atoms with Gasteiger partial charge in [-0.2, -0.15) is 8.42 Å². The monoisotopic (exact) mass is 757 g/mol. The lowest BCUT2D eigenvalue weighted by Gasteiger charge is -2.48. The number of primary amides is 1. The molecule has 0 aromatic rings. The molecule has 2 heterocycles. The maximum Gasteiger partial charge on any atom is 0.303 e. The van der Waals surface area contributed by atoms with E-state index in [9.17, 15) is 46.8 Å². The van der Waals surface area contributed by atoms with Crippen LogP contribution < -0.4 is 5.73 Å². The van der Waals surface area contributed by atoms with Crippen molar-refractivity contribution in [2.45, 2.75) is 110 Å². The van der Waals surface area contributed by atoms with E-state index in [1.165, 1.54) is 0 Å². The largest absolute Gasteiger partial charge is 0.463 e. The van der Waals surface area contributed by atoms with Gasteiger partial charge in [0.15, 0.2) is 42.6 Å². The molecule has 2 saturated heterocycles. The van der Waals surface area contributed by atoms with E-state index in [-0.39, 0.29) is 0 Å². The highest BCUT2D eigenvalue weighted by Gasteiger charge is 2.58. The molecule has 0 spiro atoms. The molecule has 0 aromatic heterocycles. The van der Waals surface area contributed by atoms with Gasteiger partial charge in [-0.1, -0.05) is 0 Å². The fourth-order valence-electron chi connectivity index (χ4n) is 4.90. The normalized spacial score (nSPS) is 29.0. The summed E-state index contributed by atoms with van der Waals surface area (Å²) >= 11 is 0. The van der Waals surface area contributed by atoms with Gasteiger partial charge in [-0.25, -0.2) is 4.18 Å². The lowest BCUT2D eigenvalue weighted by atomic mass is 9.96. The molecule has 0 bridgehead atoms. The van der Waals surface area contributed by atoms with Gasteiger partial charge in [0.1, 0.15) is 31.5 Å². The minimum atomic E-state index is -4.87. The standard InChI is InChI=1S/C28H39NO21S/c1-11(30)40-8-18-21(42-13(3)32)23(43-14(4)33)25(45-16(6)35)27(47-18)49-22-19(9-41-12(2)31)48-28(50-51(38,39)10-20(29)37)26(46-17(7)36)24(22)44-15(5)34/h18-19,21-28H,8-10H2,1-7H3,(H2,29,37)/t18-,19-,21+,22?,23+,24+,25-,26-,27+,28+/m1/s1. The molecule has 0 radical (unpaired) electrons. The Labute approximate surface area is 290 Å². The summed E-state index contributed by atoms with van der Waals surface area (Å²) in [4.78, 5) is 96.2. The molecule has 10 atom stereocenters. The Bertz CT molecular complexity index is 1450. The van der Waals surface area contributed by atoms with E-state index in [4.69, 9.17) is 57.3 Å². The first-order valence-electron chi connectivity index (χ1n) is 14.9. The first-order chi connectivity index (χ1) is 23.6. The Balaban J connectivity index is 2.78. The van der Waals surface area contributed by atoms with Crippen molar-refractivity contribution in [3.63, 3.8) is 0 Å². The van der Waals surface area contributed by atoms with Gasteiger partial charge in [0, 0.05) is 48.5 Å². The van der Waals surface area contributed by atoms with Crippen molar-refractivity contribution in [2.75, 3.05) is 19.0 Å². The number of ether oxygens (including phenoxy) is 10. The van der Waals surface area contributed by atoms with Gasteiger partial charge in [0.05, 0.1) is 0 Å². The number of esters is 7. The summed E-state index contributed by atoms with van der Waals surface area (Å²) in [7, 11) is -4.87. The van der Waals surface area contributed by atoms with Gasteiger partial charge in [0.2, 0.25) is 12.2 Å². The predicted molar refractivity (Wildman–Crippen MR) is 157 cm³/mol. The molecule has 23 heteroatoms. The van der Waals surface area contributed by atoms with Gasteiger partial charge in [0.25, 0.3) is 10.1 Å². The predicted octanol–water partition coefficient (Wildman–Crippen LogP) is -2.56. The van der Waals surface area contributed by atoms with Crippen LogP contribution in [0.3, 0.4) is 0 Å². The van der Waals surface area contributed by atoms with Crippen molar-refractivity contribution in [1.82, 2.24) is 0 Å². The van der Waals surface area contributed by atoms with Crippen LogP contribution in [0.2, 0.25) is 0 Å². The van der Waals surface area contributed by atoms with E-state index in [0.717, 1.165) is 48.5 Å².